The van der Waals surface area contributed by atoms with Gasteiger partial charge in [-0.1, -0.05) is 39.8 Å². The zero-order chi connectivity index (χ0) is 20.4. The summed E-state index contributed by atoms with van der Waals surface area (Å²) in [5.41, 5.74) is 4.25. The van der Waals surface area contributed by atoms with Gasteiger partial charge in [-0.25, -0.2) is 0 Å². The summed E-state index contributed by atoms with van der Waals surface area (Å²) < 4.78 is 7.05. The van der Waals surface area contributed by atoms with Gasteiger partial charge in [-0.15, -0.1) is 0 Å². The largest absolute Gasteiger partial charge is 0.488 e. The fourth-order valence-corrected chi connectivity index (χ4v) is 9.52. The van der Waals surface area contributed by atoms with Crippen molar-refractivity contribution in [1.82, 2.24) is 5.32 Å². The Morgan fingerprint density at radius 1 is 1.17 bits per heavy atom. The highest BCUT2D eigenvalue weighted by Gasteiger charge is 2.89. The van der Waals surface area contributed by atoms with Crippen molar-refractivity contribution >= 4 is 0 Å². The van der Waals surface area contributed by atoms with Gasteiger partial charge in [-0.2, -0.15) is 0 Å². The third kappa shape index (κ3) is 1.49. The number of hydrogen-bond acceptors (Lipinski definition) is 3. The summed E-state index contributed by atoms with van der Waals surface area (Å²) in [6, 6.07) is 5.27. The second-order valence-corrected chi connectivity index (χ2v) is 13.1. The number of ether oxygens (including phenoxy) is 1. The molecule has 8 rings (SSSR count). The van der Waals surface area contributed by atoms with Gasteiger partial charge in [-0.05, 0) is 68.4 Å². The molecule has 0 radical (unpaired) electrons. The maximum atomic E-state index is 12.0. The number of aliphatic hydroxyl groups is 1. The molecule has 1 saturated heterocycles. The molecule has 4 saturated carbocycles. The van der Waals surface area contributed by atoms with E-state index < -0.39 is 5.60 Å². The first-order valence-corrected chi connectivity index (χ1v) is 11.7. The Morgan fingerprint density at radius 2 is 1.93 bits per heavy atom. The average Bonchev–Trinajstić information content (AvgIpc) is 3.10. The Bertz CT molecular complexity index is 991. The standard InChI is InChI=1S/C26H35NO2/c1-14-7-8-15-11-25-13-26-17(15)18(14)29-20(26)22(5)9-10-24(26,19(25)27-25)12-16(22)23(6,28)21(2,3)4/h7-8,16,19-20,27-28H,9-13H2,1-6H3/t16?,19-,20?,22?,23?,24?,25?,26-/m0/s1. The van der Waals surface area contributed by atoms with Crippen LogP contribution < -0.4 is 10.1 Å². The first-order valence-electron chi connectivity index (χ1n) is 11.7. The van der Waals surface area contributed by atoms with Crippen LogP contribution in [0, 0.1) is 29.1 Å². The van der Waals surface area contributed by atoms with Crippen LogP contribution in [0.4, 0.5) is 0 Å². The van der Waals surface area contributed by atoms with E-state index in [0.29, 0.717) is 11.6 Å². The van der Waals surface area contributed by atoms with Gasteiger partial charge in [-0.3, -0.25) is 0 Å². The highest BCUT2D eigenvalue weighted by Crippen LogP contribution is 2.84. The molecule has 3 nitrogen and oxygen atoms in total. The lowest BCUT2D eigenvalue weighted by atomic mass is 9.35. The maximum Gasteiger partial charge on any atom is 0.126 e. The second-order valence-electron chi connectivity index (χ2n) is 13.1. The van der Waals surface area contributed by atoms with E-state index in [1.807, 2.05) is 0 Å². The SMILES string of the molecule is Cc1ccc2c3c1OC1C4(C)CCC5(CC4C(C)(O)C(C)(C)C)[C@@H]4NC4(C2)C[C@]315. The predicted octanol–water partition coefficient (Wildman–Crippen LogP) is 4.27. The van der Waals surface area contributed by atoms with Crippen LogP contribution in [-0.2, 0) is 11.8 Å². The summed E-state index contributed by atoms with van der Waals surface area (Å²) >= 11 is 0. The number of nitrogens with one attached hydrogen (secondary N) is 1. The van der Waals surface area contributed by atoms with Gasteiger partial charge in [0.15, 0.2) is 0 Å². The minimum atomic E-state index is -0.717. The molecular formula is C26H35NO2. The minimum absolute atomic E-state index is 0.0105. The van der Waals surface area contributed by atoms with Gasteiger partial charge in [0.25, 0.3) is 0 Å². The highest BCUT2D eigenvalue weighted by molar-refractivity contribution is 5.65. The monoisotopic (exact) mass is 393 g/mol. The van der Waals surface area contributed by atoms with Crippen molar-refractivity contribution < 1.29 is 9.84 Å². The van der Waals surface area contributed by atoms with Crippen LogP contribution in [0.25, 0.3) is 0 Å². The van der Waals surface area contributed by atoms with Crippen LogP contribution in [0.5, 0.6) is 5.75 Å². The van der Waals surface area contributed by atoms with Crippen molar-refractivity contribution in [3.63, 3.8) is 0 Å². The smallest absolute Gasteiger partial charge is 0.126 e. The molecule has 2 aliphatic heterocycles. The molecule has 1 aromatic rings. The summed E-state index contributed by atoms with van der Waals surface area (Å²) in [6.45, 7) is 13.4. The first-order chi connectivity index (χ1) is 13.4. The van der Waals surface area contributed by atoms with Crippen molar-refractivity contribution in [3.8, 4) is 5.75 Å². The lowest BCUT2D eigenvalue weighted by Gasteiger charge is -2.69. The lowest BCUT2D eigenvalue weighted by Crippen LogP contribution is -2.73. The fourth-order valence-electron chi connectivity index (χ4n) is 9.52. The van der Waals surface area contributed by atoms with Gasteiger partial charge in [0, 0.05) is 33.4 Å². The topological polar surface area (TPSA) is 51.4 Å². The fraction of sp³-hybridized carbons (Fsp3) is 0.769. The normalized spacial score (nSPS) is 51.9. The number of piperidine rings is 1. The molecule has 5 aliphatic carbocycles. The molecule has 2 N–H and O–H groups in total. The average molecular weight is 394 g/mol. The van der Waals surface area contributed by atoms with Crippen molar-refractivity contribution in [1.29, 1.82) is 0 Å². The van der Waals surface area contributed by atoms with Crippen molar-refractivity contribution in [2.75, 3.05) is 0 Å². The van der Waals surface area contributed by atoms with E-state index in [4.69, 9.17) is 4.74 Å². The number of benzene rings is 1. The van der Waals surface area contributed by atoms with E-state index in [1.54, 1.807) is 11.1 Å². The lowest BCUT2D eigenvalue weighted by molar-refractivity contribution is -0.242. The zero-order valence-corrected chi connectivity index (χ0v) is 18.8. The van der Waals surface area contributed by atoms with E-state index in [1.165, 1.54) is 30.6 Å². The van der Waals surface area contributed by atoms with Crippen LogP contribution in [-0.4, -0.2) is 28.4 Å². The molecule has 1 aromatic carbocycles. The van der Waals surface area contributed by atoms with Crippen LogP contribution in [0.1, 0.15) is 77.0 Å². The van der Waals surface area contributed by atoms with Gasteiger partial charge in [0.2, 0.25) is 0 Å². The maximum absolute atomic E-state index is 12.0. The van der Waals surface area contributed by atoms with E-state index in [9.17, 15) is 5.11 Å². The molecule has 156 valence electrons. The zero-order valence-electron chi connectivity index (χ0n) is 18.8. The van der Waals surface area contributed by atoms with Gasteiger partial charge in [0.05, 0.1) is 5.60 Å². The van der Waals surface area contributed by atoms with Gasteiger partial charge >= 0.3 is 0 Å². The van der Waals surface area contributed by atoms with Crippen molar-refractivity contribution in [2.45, 2.75) is 102 Å². The first kappa shape index (κ1) is 17.6. The molecule has 29 heavy (non-hydrogen) atoms. The second kappa shape index (κ2) is 4.30. The number of hydrogen-bond donors (Lipinski definition) is 2. The number of aryl methyl sites for hydroxylation is 1. The Labute approximate surface area is 174 Å². The molecule has 3 spiro atoms. The number of rotatable bonds is 1. The van der Waals surface area contributed by atoms with Crippen LogP contribution in [0.15, 0.2) is 12.1 Å². The van der Waals surface area contributed by atoms with Crippen molar-refractivity contribution in [2.24, 2.45) is 22.2 Å². The summed E-state index contributed by atoms with van der Waals surface area (Å²) in [5, 5.41) is 16.0. The Hall–Kier alpha value is -1.06. The molecule has 2 heterocycles. The molecule has 8 atom stereocenters. The van der Waals surface area contributed by atoms with E-state index in [0.717, 1.165) is 12.8 Å². The Balaban J connectivity index is 1.51. The molecule has 0 amide bonds. The van der Waals surface area contributed by atoms with Crippen molar-refractivity contribution in [3.05, 3.63) is 28.8 Å². The van der Waals surface area contributed by atoms with Crippen LogP contribution >= 0.6 is 0 Å². The summed E-state index contributed by atoms with van der Waals surface area (Å²) in [7, 11) is 0. The molecule has 7 aliphatic rings. The summed E-state index contributed by atoms with van der Waals surface area (Å²) in [6.07, 6.45) is 6.22. The number of fused-ring (bicyclic) bond motifs is 2. The minimum Gasteiger partial charge on any atom is -0.488 e. The van der Waals surface area contributed by atoms with E-state index in [2.05, 4.69) is 59.0 Å². The molecular weight excluding hydrogens is 358 g/mol. The third-order valence-corrected chi connectivity index (χ3v) is 11.3. The van der Waals surface area contributed by atoms with E-state index in [-0.39, 0.29) is 33.7 Å². The van der Waals surface area contributed by atoms with E-state index >= 15 is 0 Å². The molecule has 0 aromatic heterocycles. The third-order valence-electron chi connectivity index (χ3n) is 11.3. The molecule has 6 unspecified atom stereocenters. The molecule has 5 fully saturated rings. The molecule has 4 bridgehead atoms. The highest BCUT2D eigenvalue weighted by atomic mass is 16.5. The van der Waals surface area contributed by atoms with Gasteiger partial charge < -0.3 is 15.2 Å². The van der Waals surface area contributed by atoms with Gasteiger partial charge in [0.1, 0.15) is 11.9 Å². The predicted molar refractivity (Wildman–Crippen MR) is 113 cm³/mol. The summed E-state index contributed by atoms with van der Waals surface area (Å²) in [5.74, 6) is 1.47. The molecule has 3 heteroatoms. The Morgan fingerprint density at radius 3 is 2.66 bits per heavy atom. The quantitative estimate of drug-likeness (QED) is 0.701. The van der Waals surface area contributed by atoms with Crippen LogP contribution in [0.3, 0.4) is 0 Å². The van der Waals surface area contributed by atoms with Crippen LogP contribution in [0.2, 0.25) is 0 Å². The Kier molecular flexibility index (Phi) is 2.61. The summed E-state index contributed by atoms with van der Waals surface area (Å²) in [4.78, 5) is 0.